The first-order valence-corrected chi connectivity index (χ1v) is 6.38. The Morgan fingerprint density at radius 3 is 2.67 bits per heavy atom. The quantitative estimate of drug-likeness (QED) is 0.841. The molecule has 0 spiro atoms. The van der Waals surface area contributed by atoms with Gasteiger partial charge in [0.15, 0.2) is 0 Å². The summed E-state index contributed by atoms with van der Waals surface area (Å²) in [7, 11) is 0. The van der Waals surface area contributed by atoms with Crippen LogP contribution in [-0.2, 0) is 4.79 Å². The van der Waals surface area contributed by atoms with E-state index in [1.807, 2.05) is 30.3 Å². The molecule has 1 aliphatic heterocycles. The zero-order valence-corrected chi connectivity index (χ0v) is 11.0. The lowest BCUT2D eigenvalue weighted by molar-refractivity contribution is -0.124. The molecule has 1 heterocycles. The Hall–Kier alpha value is -1.55. The number of carbonyl (C=O) groups excluding carboxylic acids is 1. The minimum absolute atomic E-state index is 0.0728. The van der Waals surface area contributed by atoms with E-state index >= 15 is 0 Å². The number of nitrogens with zero attached hydrogens (tertiary/aromatic N) is 1. The highest BCUT2D eigenvalue weighted by Gasteiger charge is 2.40. The first-order chi connectivity index (χ1) is 8.56. The van der Waals surface area contributed by atoms with Crippen molar-refractivity contribution in [3.63, 3.8) is 0 Å². The molecule has 0 aliphatic carbocycles. The van der Waals surface area contributed by atoms with E-state index in [0.717, 1.165) is 5.69 Å². The van der Waals surface area contributed by atoms with Crippen molar-refractivity contribution in [1.82, 2.24) is 5.32 Å². The van der Waals surface area contributed by atoms with Gasteiger partial charge in [0, 0.05) is 12.2 Å². The molecule has 1 aromatic rings. The molecule has 4 heteroatoms. The average molecular weight is 247 g/mol. The average Bonchev–Trinajstić information content (AvgIpc) is 2.35. The maximum Gasteiger partial charge on any atom is 0.242 e. The summed E-state index contributed by atoms with van der Waals surface area (Å²) in [5, 5.41) is 2.97. The predicted molar refractivity (Wildman–Crippen MR) is 73.5 cm³/mol. The van der Waals surface area contributed by atoms with Crippen LogP contribution in [0.4, 0.5) is 5.69 Å². The van der Waals surface area contributed by atoms with Crippen molar-refractivity contribution < 1.29 is 4.79 Å². The zero-order chi connectivity index (χ0) is 13.2. The minimum atomic E-state index is -0.179. The maximum absolute atomic E-state index is 12.0. The third-order valence-electron chi connectivity index (χ3n) is 3.44. The Bertz CT molecular complexity index is 416. The zero-order valence-electron chi connectivity index (χ0n) is 11.0. The smallest absolute Gasteiger partial charge is 0.242 e. The number of nitrogens with two attached hydrogens (primary N) is 1. The second-order valence-corrected chi connectivity index (χ2v) is 5.33. The second-order valence-electron chi connectivity index (χ2n) is 5.33. The summed E-state index contributed by atoms with van der Waals surface area (Å²) < 4.78 is 0. The molecule has 1 unspecified atom stereocenters. The molecular formula is C14H21N3O. The number of carbonyl (C=O) groups is 1. The van der Waals surface area contributed by atoms with Gasteiger partial charge in [-0.3, -0.25) is 4.79 Å². The van der Waals surface area contributed by atoms with Gasteiger partial charge in [-0.2, -0.15) is 0 Å². The summed E-state index contributed by atoms with van der Waals surface area (Å²) in [6.07, 6.45) is 0.671. The van der Waals surface area contributed by atoms with E-state index in [1.165, 1.54) is 0 Å². The standard InChI is InChI=1S/C14H21N3O/c1-14(2)10-16-13(18)12(8-9-15)17(14)11-6-4-3-5-7-11/h3-7,12H,8-10,15H2,1-2H3,(H,16,18). The van der Waals surface area contributed by atoms with E-state index in [4.69, 9.17) is 5.73 Å². The first-order valence-electron chi connectivity index (χ1n) is 6.38. The highest BCUT2D eigenvalue weighted by molar-refractivity contribution is 5.87. The van der Waals surface area contributed by atoms with Crippen molar-refractivity contribution in [3.8, 4) is 0 Å². The van der Waals surface area contributed by atoms with E-state index in [-0.39, 0.29) is 17.5 Å². The van der Waals surface area contributed by atoms with Crippen molar-refractivity contribution in [2.75, 3.05) is 18.0 Å². The van der Waals surface area contributed by atoms with Crippen LogP contribution < -0.4 is 16.0 Å². The third-order valence-corrected chi connectivity index (χ3v) is 3.44. The number of hydrogen-bond donors (Lipinski definition) is 2. The summed E-state index contributed by atoms with van der Waals surface area (Å²) >= 11 is 0. The van der Waals surface area contributed by atoms with Gasteiger partial charge in [0.05, 0.1) is 5.54 Å². The summed E-state index contributed by atoms with van der Waals surface area (Å²) in [6.45, 7) is 5.45. The number of benzene rings is 1. The Morgan fingerprint density at radius 1 is 1.39 bits per heavy atom. The molecule has 1 aliphatic rings. The van der Waals surface area contributed by atoms with E-state index in [1.54, 1.807) is 0 Å². The molecule has 1 amide bonds. The molecule has 2 rings (SSSR count). The molecule has 98 valence electrons. The fraction of sp³-hybridized carbons (Fsp3) is 0.500. The summed E-state index contributed by atoms with van der Waals surface area (Å²) in [4.78, 5) is 14.2. The van der Waals surface area contributed by atoms with Crippen molar-refractivity contribution in [2.45, 2.75) is 31.8 Å². The molecule has 3 N–H and O–H groups in total. The molecule has 1 saturated heterocycles. The van der Waals surface area contributed by atoms with Gasteiger partial charge in [0.25, 0.3) is 0 Å². The van der Waals surface area contributed by atoms with Crippen molar-refractivity contribution in [1.29, 1.82) is 0 Å². The molecule has 0 radical (unpaired) electrons. The topological polar surface area (TPSA) is 58.4 Å². The van der Waals surface area contributed by atoms with Crippen molar-refractivity contribution >= 4 is 11.6 Å². The Kier molecular flexibility index (Phi) is 3.57. The maximum atomic E-state index is 12.0. The fourth-order valence-electron chi connectivity index (χ4n) is 2.58. The molecule has 1 aromatic carbocycles. The van der Waals surface area contributed by atoms with Crippen LogP contribution in [0.3, 0.4) is 0 Å². The lowest BCUT2D eigenvalue weighted by Gasteiger charge is -2.48. The molecule has 0 bridgehead atoms. The number of nitrogens with one attached hydrogen (secondary N) is 1. The Morgan fingerprint density at radius 2 is 2.06 bits per heavy atom. The number of piperazine rings is 1. The van der Waals surface area contributed by atoms with Crippen LogP contribution in [0.5, 0.6) is 0 Å². The van der Waals surface area contributed by atoms with E-state index in [2.05, 4.69) is 24.1 Å². The van der Waals surface area contributed by atoms with Gasteiger partial charge >= 0.3 is 0 Å². The molecule has 0 saturated carbocycles. The van der Waals surface area contributed by atoms with Gasteiger partial charge in [-0.1, -0.05) is 18.2 Å². The van der Waals surface area contributed by atoms with Crippen molar-refractivity contribution in [3.05, 3.63) is 30.3 Å². The molecule has 0 aromatic heterocycles. The van der Waals surface area contributed by atoms with Crippen LogP contribution in [0.25, 0.3) is 0 Å². The lowest BCUT2D eigenvalue weighted by atomic mass is 9.93. The van der Waals surface area contributed by atoms with Crippen molar-refractivity contribution in [2.24, 2.45) is 5.73 Å². The number of rotatable bonds is 3. The number of amides is 1. The van der Waals surface area contributed by atoms with Gasteiger partial charge < -0.3 is 16.0 Å². The molecule has 1 fully saturated rings. The van der Waals surface area contributed by atoms with E-state index < -0.39 is 0 Å². The Balaban J connectivity index is 2.38. The highest BCUT2D eigenvalue weighted by Crippen LogP contribution is 2.29. The number of hydrogen-bond acceptors (Lipinski definition) is 3. The largest absolute Gasteiger partial charge is 0.353 e. The van der Waals surface area contributed by atoms with Crippen LogP contribution in [-0.4, -0.2) is 30.6 Å². The summed E-state index contributed by atoms with van der Waals surface area (Å²) in [5.41, 5.74) is 6.62. The number of para-hydroxylation sites is 1. The second kappa shape index (κ2) is 4.98. The van der Waals surface area contributed by atoms with Crippen LogP contribution in [0.15, 0.2) is 30.3 Å². The fourth-order valence-corrected chi connectivity index (χ4v) is 2.58. The highest BCUT2D eigenvalue weighted by atomic mass is 16.2. The SMILES string of the molecule is CC1(C)CNC(=O)C(CCN)N1c1ccccc1. The van der Waals surface area contributed by atoms with Gasteiger partial charge in [-0.15, -0.1) is 0 Å². The monoisotopic (exact) mass is 247 g/mol. The Labute approximate surface area is 108 Å². The van der Waals surface area contributed by atoms with E-state index in [9.17, 15) is 4.79 Å². The molecule has 18 heavy (non-hydrogen) atoms. The summed E-state index contributed by atoms with van der Waals surface area (Å²) in [6, 6.07) is 9.89. The third kappa shape index (κ3) is 2.34. The van der Waals surface area contributed by atoms with Crippen LogP contribution >= 0.6 is 0 Å². The first kappa shape index (κ1) is 12.9. The normalized spacial score (nSPS) is 22.7. The number of anilines is 1. The van der Waals surface area contributed by atoms with Crippen LogP contribution in [0, 0.1) is 0 Å². The lowest BCUT2D eigenvalue weighted by Crippen LogP contribution is -2.66. The summed E-state index contributed by atoms with van der Waals surface area (Å²) in [5.74, 6) is 0.0728. The van der Waals surface area contributed by atoms with Crippen LogP contribution in [0.2, 0.25) is 0 Å². The molecule has 1 atom stereocenters. The predicted octanol–water partition coefficient (Wildman–Crippen LogP) is 1.12. The van der Waals surface area contributed by atoms with Gasteiger partial charge in [-0.25, -0.2) is 0 Å². The van der Waals surface area contributed by atoms with Crippen LogP contribution in [0.1, 0.15) is 20.3 Å². The van der Waals surface area contributed by atoms with Gasteiger partial charge in [-0.05, 0) is 38.9 Å². The molecular weight excluding hydrogens is 226 g/mol. The van der Waals surface area contributed by atoms with E-state index in [0.29, 0.717) is 19.5 Å². The van der Waals surface area contributed by atoms with Gasteiger partial charge in [0.2, 0.25) is 5.91 Å². The minimum Gasteiger partial charge on any atom is -0.353 e. The van der Waals surface area contributed by atoms with Gasteiger partial charge in [0.1, 0.15) is 6.04 Å². The molecule has 4 nitrogen and oxygen atoms in total.